The maximum absolute atomic E-state index is 12.1. The van der Waals surface area contributed by atoms with E-state index in [1.54, 1.807) is 12.1 Å². The molecule has 0 saturated carbocycles. The summed E-state index contributed by atoms with van der Waals surface area (Å²) in [5.74, 6) is 0.139. The van der Waals surface area contributed by atoms with Gasteiger partial charge in [-0.05, 0) is 17.4 Å². The molecule has 0 aromatic heterocycles. The summed E-state index contributed by atoms with van der Waals surface area (Å²) in [4.78, 5) is 23.8. The van der Waals surface area contributed by atoms with E-state index in [0.29, 0.717) is 18.0 Å². The number of amides is 1. The number of hydrogen-bond donors (Lipinski definition) is 1. The minimum absolute atomic E-state index is 0.105. The molecule has 0 heterocycles. The normalized spacial score (nSPS) is 10.9. The van der Waals surface area contributed by atoms with Gasteiger partial charge in [0.25, 0.3) is 0 Å². The third kappa shape index (κ3) is 8.55. The van der Waals surface area contributed by atoms with Gasteiger partial charge in [-0.2, -0.15) is 0 Å². The van der Waals surface area contributed by atoms with Crippen LogP contribution < -0.4 is 5.32 Å². The Labute approximate surface area is 154 Å². The highest BCUT2D eigenvalue weighted by Crippen LogP contribution is 2.19. The molecule has 132 valence electrons. The molecule has 1 N–H and O–H groups in total. The molecule has 1 aromatic carbocycles. The Morgan fingerprint density at radius 2 is 1.83 bits per heavy atom. The van der Waals surface area contributed by atoms with Gasteiger partial charge in [-0.1, -0.05) is 75.1 Å². The minimum Gasteiger partial charge on any atom is -0.353 e. The SMILES string of the molecule is CCCCCCCCNC(=O)C=CSC(=O)c1ccccc1CCl. The Hall–Kier alpha value is -1.26. The van der Waals surface area contributed by atoms with Gasteiger partial charge in [-0.25, -0.2) is 0 Å². The zero-order valence-corrected chi connectivity index (χ0v) is 15.8. The summed E-state index contributed by atoms with van der Waals surface area (Å²) in [6.45, 7) is 2.88. The highest BCUT2D eigenvalue weighted by atomic mass is 35.5. The third-order valence-electron chi connectivity index (χ3n) is 3.61. The smallest absolute Gasteiger partial charge is 0.244 e. The highest BCUT2D eigenvalue weighted by molar-refractivity contribution is 8.16. The van der Waals surface area contributed by atoms with Crippen LogP contribution in [0.3, 0.4) is 0 Å². The average molecular weight is 368 g/mol. The van der Waals surface area contributed by atoms with Crippen LogP contribution in [0.2, 0.25) is 0 Å². The zero-order chi connectivity index (χ0) is 17.6. The number of carbonyl (C=O) groups is 2. The van der Waals surface area contributed by atoms with Gasteiger partial charge >= 0.3 is 0 Å². The second-order valence-corrected chi connectivity index (χ2v) is 6.70. The topological polar surface area (TPSA) is 46.2 Å². The monoisotopic (exact) mass is 367 g/mol. The van der Waals surface area contributed by atoms with E-state index in [-0.39, 0.29) is 11.0 Å². The summed E-state index contributed by atoms with van der Waals surface area (Å²) >= 11 is 6.83. The Bertz CT molecular complexity index is 546. The second-order valence-electron chi connectivity index (χ2n) is 5.56. The number of nitrogens with one attached hydrogen (secondary N) is 1. The predicted molar refractivity (Wildman–Crippen MR) is 103 cm³/mol. The van der Waals surface area contributed by atoms with Crippen molar-refractivity contribution >= 4 is 34.4 Å². The predicted octanol–water partition coefficient (Wildman–Crippen LogP) is 5.29. The van der Waals surface area contributed by atoms with Crippen molar-refractivity contribution in [2.75, 3.05) is 6.54 Å². The van der Waals surface area contributed by atoms with Crippen molar-refractivity contribution < 1.29 is 9.59 Å². The summed E-state index contributed by atoms with van der Waals surface area (Å²) in [7, 11) is 0. The van der Waals surface area contributed by atoms with Crippen LogP contribution in [0, 0.1) is 0 Å². The maximum atomic E-state index is 12.1. The van der Waals surface area contributed by atoms with E-state index in [4.69, 9.17) is 11.6 Å². The van der Waals surface area contributed by atoms with Crippen LogP contribution in [0.5, 0.6) is 0 Å². The Morgan fingerprint density at radius 1 is 1.12 bits per heavy atom. The summed E-state index contributed by atoms with van der Waals surface area (Å²) in [5, 5.41) is 4.26. The molecule has 1 amide bonds. The van der Waals surface area contributed by atoms with Gasteiger partial charge in [-0.15, -0.1) is 11.6 Å². The first-order chi connectivity index (χ1) is 11.7. The molecule has 0 radical (unpaired) electrons. The van der Waals surface area contributed by atoms with Crippen LogP contribution in [0.25, 0.3) is 0 Å². The van der Waals surface area contributed by atoms with Crippen molar-refractivity contribution in [3.8, 4) is 0 Å². The first kappa shape index (κ1) is 20.8. The minimum atomic E-state index is -0.158. The average Bonchev–Trinajstić information content (AvgIpc) is 2.60. The van der Waals surface area contributed by atoms with E-state index < -0.39 is 0 Å². The third-order valence-corrected chi connectivity index (χ3v) is 4.60. The summed E-state index contributed by atoms with van der Waals surface area (Å²) in [6, 6.07) is 7.24. The molecule has 1 aromatic rings. The van der Waals surface area contributed by atoms with Crippen LogP contribution in [-0.2, 0) is 10.7 Å². The van der Waals surface area contributed by atoms with Gasteiger partial charge in [0.05, 0.1) is 0 Å². The molecular weight excluding hydrogens is 342 g/mol. The molecule has 0 atom stereocenters. The standard InChI is InChI=1S/C19H26ClNO2S/c1-2-3-4-5-6-9-13-21-18(22)12-14-24-19(23)17-11-8-7-10-16(17)15-20/h7-8,10-12,14H,2-6,9,13,15H2,1H3,(H,21,22). The lowest BCUT2D eigenvalue weighted by Gasteiger charge is -2.03. The van der Waals surface area contributed by atoms with Gasteiger partial charge in [0.2, 0.25) is 11.0 Å². The molecule has 3 nitrogen and oxygen atoms in total. The quantitative estimate of drug-likeness (QED) is 0.328. The first-order valence-electron chi connectivity index (χ1n) is 8.48. The molecule has 0 spiro atoms. The lowest BCUT2D eigenvalue weighted by molar-refractivity contribution is -0.116. The van der Waals surface area contributed by atoms with Crippen molar-refractivity contribution in [3.63, 3.8) is 0 Å². The van der Waals surface area contributed by atoms with Crippen LogP contribution >= 0.6 is 23.4 Å². The number of alkyl halides is 1. The molecule has 0 saturated heterocycles. The molecule has 0 unspecified atom stereocenters. The van der Waals surface area contributed by atoms with Gasteiger partial charge < -0.3 is 5.32 Å². The Kier molecular flexibility index (Phi) is 11.3. The number of halogens is 1. The van der Waals surface area contributed by atoms with Crippen molar-refractivity contribution in [2.45, 2.75) is 51.3 Å². The summed E-state index contributed by atoms with van der Waals surface area (Å²) < 4.78 is 0. The summed E-state index contributed by atoms with van der Waals surface area (Å²) in [6.07, 6.45) is 8.57. The van der Waals surface area contributed by atoms with Crippen molar-refractivity contribution in [2.24, 2.45) is 0 Å². The molecule has 0 bridgehead atoms. The molecule has 0 fully saturated rings. The van der Waals surface area contributed by atoms with Crippen LogP contribution in [-0.4, -0.2) is 17.6 Å². The molecular formula is C19H26ClNO2S. The van der Waals surface area contributed by atoms with Gasteiger partial charge in [0, 0.05) is 24.1 Å². The van der Waals surface area contributed by atoms with Crippen molar-refractivity contribution in [1.82, 2.24) is 5.32 Å². The Morgan fingerprint density at radius 3 is 2.58 bits per heavy atom. The van der Waals surface area contributed by atoms with E-state index in [2.05, 4.69) is 12.2 Å². The lowest BCUT2D eigenvalue weighted by atomic mass is 10.1. The number of carbonyl (C=O) groups excluding carboxylic acids is 2. The second kappa shape index (κ2) is 13.1. The van der Waals surface area contributed by atoms with Gasteiger partial charge in [0.1, 0.15) is 0 Å². The molecule has 24 heavy (non-hydrogen) atoms. The zero-order valence-electron chi connectivity index (χ0n) is 14.2. The number of unbranched alkanes of at least 4 members (excludes halogenated alkanes) is 5. The summed E-state index contributed by atoms with van der Waals surface area (Å²) in [5.41, 5.74) is 1.40. The van der Waals surface area contributed by atoms with Crippen LogP contribution in [0.4, 0.5) is 0 Å². The fourth-order valence-corrected chi connectivity index (χ4v) is 3.11. The maximum Gasteiger partial charge on any atom is 0.244 e. The number of hydrogen-bond acceptors (Lipinski definition) is 3. The fraction of sp³-hybridized carbons (Fsp3) is 0.474. The molecule has 0 aliphatic rings. The molecule has 0 aliphatic heterocycles. The molecule has 1 rings (SSSR count). The number of thioether (sulfide) groups is 1. The van der Waals surface area contributed by atoms with Crippen LogP contribution in [0.15, 0.2) is 35.7 Å². The Balaban J connectivity index is 2.24. The van der Waals surface area contributed by atoms with E-state index in [1.165, 1.54) is 37.2 Å². The molecule has 0 aliphatic carbocycles. The highest BCUT2D eigenvalue weighted by Gasteiger charge is 2.09. The first-order valence-corrected chi connectivity index (χ1v) is 9.89. The van der Waals surface area contributed by atoms with Crippen molar-refractivity contribution in [3.05, 3.63) is 46.9 Å². The van der Waals surface area contributed by atoms with Gasteiger partial charge in [0.15, 0.2) is 0 Å². The largest absolute Gasteiger partial charge is 0.353 e. The van der Waals surface area contributed by atoms with Crippen LogP contribution in [0.1, 0.15) is 61.4 Å². The van der Waals surface area contributed by atoms with E-state index in [1.807, 2.05) is 12.1 Å². The number of benzene rings is 1. The van der Waals surface area contributed by atoms with E-state index in [0.717, 1.165) is 30.2 Å². The fourth-order valence-electron chi connectivity index (χ4n) is 2.23. The molecule has 5 heteroatoms. The van der Waals surface area contributed by atoms with E-state index >= 15 is 0 Å². The lowest BCUT2D eigenvalue weighted by Crippen LogP contribution is -2.21. The number of rotatable bonds is 11. The van der Waals surface area contributed by atoms with E-state index in [9.17, 15) is 9.59 Å². The van der Waals surface area contributed by atoms with Crippen molar-refractivity contribution in [1.29, 1.82) is 0 Å². The van der Waals surface area contributed by atoms with Gasteiger partial charge in [-0.3, -0.25) is 9.59 Å².